The molecule has 0 saturated carbocycles. The summed E-state index contributed by atoms with van der Waals surface area (Å²) < 4.78 is 0. The van der Waals surface area contributed by atoms with Crippen LogP contribution in [-0.4, -0.2) is 36.0 Å². The Bertz CT molecular complexity index is 425. The van der Waals surface area contributed by atoms with Gasteiger partial charge in [0.05, 0.1) is 6.20 Å². The summed E-state index contributed by atoms with van der Waals surface area (Å²) in [6, 6.07) is 0. The third-order valence-corrected chi connectivity index (χ3v) is 2.60. The fourth-order valence-corrected chi connectivity index (χ4v) is 1.47. The van der Waals surface area contributed by atoms with Gasteiger partial charge in [-0.15, -0.1) is 0 Å². The minimum atomic E-state index is 0.0141. The van der Waals surface area contributed by atoms with E-state index in [2.05, 4.69) is 39.8 Å². The molecule has 0 aliphatic carbocycles. The molecule has 1 amide bonds. The van der Waals surface area contributed by atoms with Crippen molar-refractivity contribution in [2.75, 3.05) is 30.8 Å². The second-order valence-corrected chi connectivity index (χ2v) is 4.92. The van der Waals surface area contributed by atoms with Crippen molar-refractivity contribution in [3.8, 4) is 0 Å². The van der Waals surface area contributed by atoms with Crippen LogP contribution in [0, 0.1) is 5.92 Å². The van der Waals surface area contributed by atoms with Crippen LogP contribution in [0.2, 0.25) is 5.02 Å². The van der Waals surface area contributed by atoms with E-state index < -0.39 is 0 Å². The fourth-order valence-electron chi connectivity index (χ4n) is 1.31. The van der Waals surface area contributed by atoms with Crippen LogP contribution in [0.1, 0.15) is 20.3 Å². The monoisotopic (exact) mass is 285 g/mol. The third kappa shape index (κ3) is 5.74. The molecule has 7 heteroatoms. The van der Waals surface area contributed by atoms with E-state index in [1.54, 1.807) is 7.05 Å². The lowest BCUT2D eigenvalue weighted by Crippen LogP contribution is -2.28. The van der Waals surface area contributed by atoms with Crippen LogP contribution in [0.25, 0.3) is 0 Å². The van der Waals surface area contributed by atoms with Crippen LogP contribution >= 0.6 is 11.6 Å². The molecule has 0 aliphatic rings. The maximum atomic E-state index is 11.5. The highest BCUT2D eigenvalue weighted by Gasteiger charge is 2.06. The molecule has 0 spiro atoms. The summed E-state index contributed by atoms with van der Waals surface area (Å²) in [5.74, 6) is 1.47. The summed E-state index contributed by atoms with van der Waals surface area (Å²) in [7, 11) is 1.73. The van der Waals surface area contributed by atoms with Crippen LogP contribution in [-0.2, 0) is 4.79 Å². The molecule has 106 valence electrons. The molecule has 1 rings (SSSR count). The van der Waals surface area contributed by atoms with Crippen molar-refractivity contribution >= 4 is 29.3 Å². The Labute approximate surface area is 118 Å². The van der Waals surface area contributed by atoms with Gasteiger partial charge in [0.1, 0.15) is 10.8 Å². The molecule has 19 heavy (non-hydrogen) atoms. The molecule has 0 radical (unpaired) electrons. The highest BCUT2D eigenvalue weighted by Crippen LogP contribution is 2.18. The Morgan fingerprint density at radius 2 is 2.21 bits per heavy atom. The van der Waals surface area contributed by atoms with E-state index in [1.807, 2.05) is 0 Å². The minimum absolute atomic E-state index is 0.0141. The molecular formula is C12H20ClN5O. The summed E-state index contributed by atoms with van der Waals surface area (Å²) in [5, 5.41) is 9.13. The molecule has 0 fully saturated rings. The first-order valence-electron chi connectivity index (χ1n) is 6.23. The van der Waals surface area contributed by atoms with Crippen molar-refractivity contribution in [3.05, 3.63) is 11.2 Å². The van der Waals surface area contributed by atoms with Gasteiger partial charge in [-0.2, -0.15) is 4.98 Å². The zero-order chi connectivity index (χ0) is 14.3. The maximum Gasteiger partial charge on any atom is 0.224 e. The van der Waals surface area contributed by atoms with E-state index in [4.69, 9.17) is 11.6 Å². The minimum Gasteiger partial charge on any atom is -0.368 e. The number of hydrogen-bond donors (Lipinski definition) is 3. The largest absolute Gasteiger partial charge is 0.368 e. The molecule has 1 aromatic rings. The normalized spacial score (nSPS) is 10.4. The van der Waals surface area contributed by atoms with Gasteiger partial charge in [-0.25, -0.2) is 4.98 Å². The lowest BCUT2D eigenvalue weighted by Gasteiger charge is -2.10. The summed E-state index contributed by atoms with van der Waals surface area (Å²) >= 11 is 5.96. The first-order chi connectivity index (χ1) is 9.02. The van der Waals surface area contributed by atoms with Crippen molar-refractivity contribution in [2.45, 2.75) is 20.3 Å². The molecule has 0 bridgehead atoms. The van der Waals surface area contributed by atoms with Crippen molar-refractivity contribution in [1.29, 1.82) is 0 Å². The number of anilines is 2. The SMILES string of the molecule is CNc1ncc(Cl)c(NCCC(=O)NCC(C)C)n1. The highest BCUT2D eigenvalue weighted by molar-refractivity contribution is 6.32. The molecule has 0 aromatic carbocycles. The second kappa shape index (κ2) is 7.78. The van der Waals surface area contributed by atoms with E-state index >= 15 is 0 Å². The number of rotatable bonds is 7. The molecule has 3 N–H and O–H groups in total. The van der Waals surface area contributed by atoms with E-state index in [0.717, 1.165) is 0 Å². The molecule has 1 heterocycles. The predicted octanol–water partition coefficient (Wildman–Crippen LogP) is 1.75. The van der Waals surface area contributed by atoms with Gasteiger partial charge in [0.25, 0.3) is 0 Å². The first-order valence-corrected chi connectivity index (χ1v) is 6.61. The van der Waals surface area contributed by atoms with Crippen LogP contribution in [0.5, 0.6) is 0 Å². The molecule has 0 unspecified atom stereocenters. The first kappa shape index (κ1) is 15.5. The third-order valence-electron chi connectivity index (χ3n) is 2.32. The zero-order valence-electron chi connectivity index (χ0n) is 11.5. The lowest BCUT2D eigenvalue weighted by atomic mass is 10.2. The van der Waals surface area contributed by atoms with Gasteiger partial charge in [0.2, 0.25) is 11.9 Å². The average molecular weight is 286 g/mol. The number of amides is 1. The van der Waals surface area contributed by atoms with E-state index in [0.29, 0.717) is 42.2 Å². The highest BCUT2D eigenvalue weighted by atomic mass is 35.5. The molecule has 0 atom stereocenters. The van der Waals surface area contributed by atoms with Crippen molar-refractivity contribution in [3.63, 3.8) is 0 Å². The number of carbonyl (C=O) groups excluding carboxylic acids is 1. The van der Waals surface area contributed by atoms with Crippen LogP contribution < -0.4 is 16.0 Å². The number of halogens is 1. The second-order valence-electron chi connectivity index (χ2n) is 4.51. The van der Waals surface area contributed by atoms with E-state index in [1.165, 1.54) is 6.20 Å². The molecule has 0 saturated heterocycles. The van der Waals surface area contributed by atoms with E-state index in [-0.39, 0.29) is 5.91 Å². The molecular weight excluding hydrogens is 266 g/mol. The lowest BCUT2D eigenvalue weighted by molar-refractivity contribution is -0.120. The van der Waals surface area contributed by atoms with E-state index in [9.17, 15) is 4.79 Å². The number of aromatic nitrogens is 2. The quantitative estimate of drug-likeness (QED) is 0.711. The van der Waals surface area contributed by atoms with Gasteiger partial charge in [-0.1, -0.05) is 25.4 Å². The van der Waals surface area contributed by atoms with Gasteiger partial charge in [-0.05, 0) is 5.92 Å². The van der Waals surface area contributed by atoms with Gasteiger partial charge >= 0.3 is 0 Å². The Balaban J connectivity index is 2.38. The van der Waals surface area contributed by atoms with Crippen molar-refractivity contribution in [2.24, 2.45) is 5.92 Å². The number of nitrogens with zero attached hydrogens (tertiary/aromatic N) is 2. The van der Waals surface area contributed by atoms with Gasteiger partial charge < -0.3 is 16.0 Å². The number of hydrogen-bond acceptors (Lipinski definition) is 5. The summed E-state index contributed by atoms with van der Waals surface area (Å²) in [5.41, 5.74) is 0. The van der Waals surface area contributed by atoms with Crippen molar-refractivity contribution in [1.82, 2.24) is 15.3 Å². The van der Waals surface area contributed by atoms with Crippen LogP contribution in [0.4, 0.5) is 11.8 Å². The maximum absolute atomic E-state index is 11.5. The molecule has 6 nitrogen and oxygen atoms in total. The number of nitrogens with one attached hydrogen (secondary N) is 3. The average Bonchev–Trinajstić information content (AvgIpc) is 2.38. The fraction of sp³-hybridized carbons (Fsp3) is 0.583. The summed E-state index contributed by atoms with van der Waals surface area (Å²) in [6.45, 7) is 5.28. The molecule has 1 aromatic heterocycles. The Morgan fingerprint density at radius 3 is 2.84 bits per heavy atom. The number of carbonyl (C=O) groups is 1. The standard InChI is InChI=1S/C12H20ClN5O/c1-8(2)6-16-10(19)4-5-15-11-9(13)7-17-12(14-3)18-11/h7-8H,4-6H2,1-3H3,(H,16,19)(H2,14,15,17,18). The van der Waals surface area contributed by atoms with Gasteiger partial charge in [0.15, 0.2) is 0 Å². The van der Waals surface area contributed by atoms with Crippen LogP contribution in [0.15, 0.2) is 6.20 Å². The molecule has 0 aliphatic heterocycles. The predicted molar refractivity (Wildman–Crippen MR) is 77.5 cm³/mol. The Hall–Kier alpha value is -1.56. The Morgan fingerprint density at radius 1 is 1.47 bits per heavy atom. The summed E-state index contributed by atoms with van der Waals surface area (Å²) in [6.07, 6.45) is 1.89. The van der Waals surface area contributed by atoms with Crippen LogP contribution in [0.3, 0.4) is 0 Å². The summed E-state index contributed by atoms with van der Waals surface area (Å²) in [4.78, 5) is 19.7. The van der Waals surface area contributed by atoms with Gasteiger partial charge in [-0.3, -0.25) is 4.79 Å². The Kier molecular flexibility index (Phi) is 6.35. The smallest absolute Gasteiger partial charge is 0.224 e. The topological polar surface area (TPSA) is 78.9 Å². The zero-order valence-corrected chi connectivity index (χ0v) is 12.2. The van der Waals surface area contributed by atoms with Crippen molar-refractivity contribution < 1.29 is 4.79 Å². The van der Waals surface area contributed by atoms with Gasteiger partial charge in [0, 0.05) is 26.6 Å².